The smallest absolute Gasteiger partial charge is 0.243 e. The van der Waals surface area contributed by atoms with E-state index in [1.165, 1.54) is 16.1 Å². The highest BCUT2D eigenvalue weighted by Crippen LogP contribution is 2.27. The van der Waals surface area contributed by atoms with E-state index in [2.05, 4.69) is 20.1 Å². The number of morpholine rings is 1. The Morgan fingerprint density at radius 2 is 1.94 bits per heavy atom. The van der Waals surface area contributed by atoms with E-state index in [1.807, 2.05) is 44.2 Å². The molecule has 10 nitrogen and oxygen atoms in total. The molecule has 1 fully saturated rings. The van der Waals surface area contributed by atoms with E-state index >= 15 is 0 Å². The molecule has 0 radical (unpaired) electrons. The fourth-order valence-corrected chi connectivity index (χ4v) is 6.30. The van der Waals surface area contributed by atoms with Gasteiger partial charge in [-0.25, -0.2) is 13.4 Å². The van der Waals surface area contributed by atoms with E-state index in [0.29, 0.717) is 49.3 Å². The van der Waals surface area contributed by atoms with Crippen LogP contribution in [0.5, 0.6) is 0 Å². The summed E-state index contributed by atoms with van der Waals surface area (Å²) in [6, 6.07) is 13.2. The molecule has 3 heterocycles. The molecule has 12 heteroatoms. The van der Waals surface area contributed by atoms with Crippen LogP contribution < -0.4 is 0 Å². The van der Waals surface area contributed by atoms with Gasteiger partial charge in [0.05, 0.1) is 40.6 Å². The van der Waals surface area contributed by atoms with E-state index in [-0.39, 0.29) is 4.90 Å². The summed E-state index contributed by atoms with van der Waals surface area (Å²) in [5.41, 5.74) is 3.58. The Bertz CT molecular complexity index is 1430. The van der Waals surface area contributed by atoms with Crippen molar-refractivity contribution in [1.29, 1.82) is 0 Å². The number of fused-ring (bicyclic) bond motifs is 1. The van der Waals surface area contributed by atoms with Gasteiger partial charge in [0.15, 0.2) is 0 Å². The van der Waals surface area contributed by atoms with Gasteiger partial charge in [0.2, 0.25) is 15.2 Å². The maximum Gasteiger partial charge on any atom is 0.243 e. The average Bonchev–Trinajstić information content (AvgIpc) is 3.46. The first-order valence-electron chi connectivity index (χ1n) is 11.0. The number of ether oxygens (including phenoxy) is 1. The quantitative estimate of drug-likeness (QED) is 0.357. The van der Waals surface area contributed by atoms with Crippen molar-refractivity contribution in [2.24, 2.45) is 0 Å². The molecular weight excluding hydrogens is 474 g/mol. The predicted octanol–water partition coefficient (Wildman–Crippen LogP) is 2.65. The summed E-state index contributed by atoms with van der Waals surface area (Å²) in [6.45, 7) is 6.33. The molecule has 4 aromatic rings. The third-order valence-corrected chi connectivity index (χ3v) is 8.55. The maximum absolute atomic E-state index is 13.1. The molecule has 1 aliphatic rings. The van der Waals surface area contributed by atoms with Crippen LogP contribution >= 0.6 is 11.8 Å². The standard InChI is InChI=1S/C22H25N7O3S2/c1-3-28-20-8-7-18(34(30,31)27-9-11-32-12-10-27)14-19(20)23-21(28)15-33-22-24-25-26-29(22)17-6-4-5-16(2)13-17/h4-8,13-14H,3,9-12,15H2,1-2H3. The minimum absolute atomic E-state index is 0.255. The molecule has 0 atom stereocenters. The maximum atomic E-state index is 13.1. The van der Waals surface area contributed by atoms with Crippen molar-refractivity contribution < 1.29 is 13.2 Å². The van der Waals surface area contributed by atoms with Crippen LogP contribution in [0, 0.1) is 6.92 Å². The normalized spacial score (nSPS) is 15.2. The molecule has 2 aromatic heterocycles. The van der Waals surface area contributed by atoms with Gasteiger partial charge in [0, 0.05) is 19.6 Å². The summed E-state index contributed by atoms with van der Waals surface area (Å²) in [5.74, 6) is 1.38. The number of thioether (sulfide) groups is 1. The Balaban J connectivity index is 1.42. The molecule has 5 rings (SSSR count). The van der Waals surface area contributed by atoms with Gasteiger partial charge in [-0.05, 0) is 60.2 Å². The van der Waals surface area contributed by atoms with Crippen LogP contribution in [0.1, 0.15) is 18.3 Å². The van der Waals surface area contributed by atoms with Gasteiger partial charge in [-0.3, -0.25) is 0 Å². The van der Waals surface area contributed by atoms with Gasteiger partial charge in [0.1, 0.15) is 5.82 Å². The van der Waals surface area contributed by atoms with Crippen molar-refractivity contribution in [3.8, 4) is 5.69 Å². The number of aromatic nitrogens is 6. The first kappa shape index (κ1) is 23.0. The highest BCUT2D eigenvalue weighted by Gasteiger charge is 2.27. The molecule has 0 aliphatic carbocycles. The Labute approximate surface area is 202 Å². The number of imidazole rings is 1. The number of sulfonamides is 1. The monoisotopic (exact) mass is 499 g/mol. The molecule has 0 amide bonds. The zero-order chi connectivity index (χ0) is 23.7. The summed E-state index contributed by atoms with van der Waals surface area (Å²) in [7, 11) is -3.58. The van der Waals surface area contributed by atoms with Gasteiger partial charge in [-0.2, -0.15) is 8.99 Å². The van der Waals surface area contributed by atoms with Crippen molar-refractivity contribution in [3.63, 3.8) is 0 Å². The molecule has 1 saturated heterocycles. The molecule has 0 saturated carbocycles. The molecule has 178 valence electrons. The first-order valence-corrected chi connectivity index (χ1v) is 13.4. The number of hydrogen-bond donors (Lipinski definition) is 0. The predicted molar refractivity (Wildman–Crippen MR) is 128 cm³/mol. The molecule has 0 unspecified atom stereocenters. The topological polar surface area (TPSA) is 108 Å². The van der Waals surface area contributed by atoms with E-state index in [0.717, 1.165) is 22.6 Å². The van der Waals surface area contributed by atoms with Crippen LogP contribution in [0.25, 0.3) is 16.7 Å². The summed E-state index contributed by atoms with van der Waals surface area (Å²) in [6.07, 6.45) is 0. The lowest BCUT2D eigenvalue weighted by Crippen LogP contribution is -2.40. The number of aryl methyl sites for hydroxylation is 2. The highest BCUT2D eigenvalue weighted by atomic mass is 32.2. The van der Waals surface area contributed by atoms with E-state index in [4.69, 9.17) is 9.72 Å². The summed E-state index contributed by atoms with van der Waals surface area (Å²) in [5, 5.41) is 12.8. The Morgan fingerprint density at radius 1 is 1.12 bits per heavy atom. The van der Waals surface area contributed by atoms with Gasteiger partial charge in [0.25, 0.3) is 0 Å². The summed E-state index contributed by atoms with van der Waals surface area (Å²) in [4.78, 5) is 5.03. The van der Waals surface area contributed by atoms with Crippen LogP contribution in [-0.2, 0) is 27.1 Å². The van der Waals surface area contributed by atoms with Crippen molar-refractivity contribution in [2.45, 2.75) is 36.2 Å². The second-order valence-electron chi connectivity index (χ2n) is 7.94. The second kappa shape index (κ2) is 9.45. The minimum atomic E-state index is -3.58. The fourth-order valence-electron chi connectivity index (χ4n) is 4.04. The molecule has 2 aromatic carbocycles. The first-order chi connectivity index (χ1) is 16.5. The Kier molecular flexibility index (Phi) is 6.38. The lowest BCUT2D eigenvalue weighted by molar-refractivity contribution is 0.0730. The van der Waals surface area contributed by atoms with Gasteiger partial charge >= 0.3 is 0 Å². The minimum Gasteiger partial charge on any atom is -0.379 e. The molecule has 0 N–H and O–H groups in total. The van der Waals surface area contributed by atoms with Gasteiger partial charge < -0.3 is 9.30 Å². The lowest BCUT2D eigenvalue weighted by atomic mass is 10.2. The van der Waals surface area contributed by atoms with Gasteiger partial charge in [-0.15, -0.1) is 5.10 Å². The third-order valence-electron chi connectivity index (χ3n) is 5.74. The average molecular weight is 500 g/mol. The van der Waals surface area contributed by atoms with Gasteiger partial charge in [-0.1, -0.05) is 23.9 Å². The molecule has 34 heavy (non-hydrogen) atoms. The zero-order valence-electron chi connectivity index (χ0n) is 19.0. The number of rotatable bonds is 7. The van der Waals surface area contributed by atoms with Crippen LogP contribution in [0.15, 0.2) is 52.5 Å². The van der Waals surface area contributed by atoms with Crippen molar-refractivity contribution in [2.75, 3.05) is 26.3 Å². The van der Waals surface area contributed by atoms with Crippen LogP contribution in [0.3, 0.4) is 0 Å². The largest absolute Gasteiger partial charge is 0.379 e. The third kappa shape index (κ3) is 4.33. The fraction of sp³-hybridized carbons (Fsp3) is 0.364. The van der Waals surface area contributed by atoms with Crippen LogP contribution in [0.4, 0.5) is 0 Å². The number of nitrogens with zero attached hydrogens (tertiary/aromatic N) is 7. The summed E-state index contributed by atoms with van der Waals surface area (Å²) < 4.78 is 36.7. The molecule has 0 spiro atoms. The van der Waals surface area contributed by atoms with Crippen molar-refractivity contribution in [1.82, 2.24) is 34.1 Å². The SMILES string of the molecule is CCn1c(CSc2nnnn2-c2cccc(C)c2)nc2cc(S(=O)(=O)N3CCOCC3)ccc21. The Hall–Kier alpha value is -2.80. The Morgan fingerprint density at radius 3 is 2.71 bits per heavy atom. The molecular formula is C22H25N7O3S2. The number of tetrazole rings is 1. The van der Waals surface area contributed by atoms with E-state index in [9.17, 15) is 8.42 Å². The van der Waals surface area contributed by atoms with Crippen molar-refractivity contribution >= 4 is 32.8 Å². The van der Waals surface area contributed by atoms with Crippen molar-refractivity contribution in [3.05, 3.63) is 53.9 Å². The number of benzene rings is 2. The van der Waals surface area contributed by atoms with E-state index < -0.39 is 10.0 Å². The number of hydrogen-bond acceptors (Lipinski definition) is 8. The van der Waals surface area contributed by atoms with E-state index in [1.54, 1.807) is 16.8 Å². The van der Waals surface area contributed by atoms with Crippen LogP contribution in [0.2, 0.25) is 0 Å². The second-order valence-corrected chi connectivity index (χ2v) is 10.8. The zero-order valence-corrected chi connectivity index (χ0v) is 20.6. The highest BCUT2D eigenvalue weighted by molar-refractivity contribution is 7.98. The lowest BCUT2D eigenvalue weighted by Gasteiger charge is -2.26. The van der Waals surface area contributed by atoms with Crippen LogP contribution in [-0.4, -0.2) is 68.8 Å². The molecule has 0 bridgehead atoms. The summed E-state index contributed by atoms with van der Waals surface area (Å²) >= 11 is 1.49. The molecule has 1 aliphatic heterocycles.